The van der Waals surface area contributed by atoms with Crippen molar-refractivity contribution in [2.45, 2.75) is 32.6 Å². The largest absolute Gasteiger partial charge is 0.494 e. The summed E-state index contributed by atoms with van der Waals surface area (Å²) in [7, 11) is 0. The van der Waals surface area contributed by atoms with Gasteiger partial charge in [-0.3, -0.25) is 0 Å². The Bertz CT molecular complexity index is 1280. The number of esters is 3. The molecule has 4 N–H and O–H groups in total. The normalized spacial score (nSPS) is 10.7. The smallest absolute Gasteiger partial charge is 0.338 e. The van der Waals surface area contributed by atoms with Crippen LogP contribution < -0.4 is 20.9 Å². The third kappa shape index (κ3) is 10.2. The second kappa shape index (κ2) is 15.6. The van der Waals surface area contributed by atoms with Gasteiger partial charge in [0.2, 0.25) is 0 Å². The quantitative estimate of drug-likeness (QED) is 0.0888. The van der Waals surface area contributed by atoms with Gasteiger partial charge in [0.1, 0.15) is 11.5 Å². The lowest BCUT2D eigenvalue weighted by Crippen LogP contribution is -2.11. The van der Waals surface area contributed by atoms with E-state index in [4.69, 9.17) is 30.4 Å². The maximum atomic E-state index is 12.3. The van der Waals surface area contributed by atoms with Crippen molar-refractivity contribution in [1.29, 1.82) is 0 Å². The summed E-state index contributed by atoms with van der Waals surface area (Å²) in [5.74, 6) is -0.451. The first kappa shape index (κ1) is 29.8. The minimum Gasteiger partial charge on any atom is -0.494 e. The van der Waals surface area contributed by atoms with E-state index >= 15 is 0 Å². The summed E-state index contributed by atoms with van der Waals surface area (Å²) < 4.78 is 21.4. The predicted molar refractivity (Wildman–Crippen MR) is 153 cm³/mol. The number of benzene rings is 3. The van der Waals surface area contributed by atoms with Crippen LogP contribution in [0.2, 0.25) is 0 Å². The Kier molecular flexibility index (Phi) is 11.6. The van der Waals surface area contributed by atoms with Crippen molar-refractivity contribution in [3.8, 4) is 11.5 Å². The third-order valence-electron chi connectivity index (χ3n) is 5.59. The fraction of sp³-hybridized carbons (Fsp3) is 0.258. The lowest BCUT2D eigenvalue weighted by atomic mass is 10.1. The van der Waals surface area contributed by atoms with Crippen LogP contribution in [0.1, 0.15) is 58.9 Å². The molecular formula is C31H34N2O7. The predicted octanol–water partition coefficient (Wildman–Crippen LogP) is 5.44. The number of unbranched alkanes of at least 4 members (excludes halogenated alkanes) is 2. The van der Waals surface area contributed by atoms with Gasteiger partial charge >= 0.3 is 17.9 Å². The zero-order chi connectivity index (χ0) is 28.7. The fourth-order valence-corrected chi connectivity index (χ4v) is 3.54. The van der Waals surface area contributed by atoms with Crippen LogP contribution in [0.3, 0.4) is 0 Å². The number of nitrogens with two attached hydrogens (primary N) is 2. The zero-order valence-electron chi connectivity index (χ0n) is 22.5. The molecule has 0 heterocycles. The average molecular weight is 547 g/mol. The SMILES string of the molecule is CCCCCOc1ccc(OC(=O)/C=C/c2ccc(C(=O)OCCCOC(=O)c3cc(N)cc(N)c3)cc2)cc1. The maximum Gasteiger partial charge on any atom is 0.338 e. The highest BCUT2D eigenvalue weighted by Gasteiger charge is 2.10. The van der Waals surface area contributed by atoms with Gasteiger partial charge in [-0.25, -0.2) is 14.4 Å². The van der Waals surface area contributed by atoms with Crippen LogP contribution in [0.25, 0.3) is 6.08 Å². The van der Waals surface area contributed by atoms with Crippen LogP contribution in [0, 0.1) is 0 Å². The highest BCUT2D eigenvalue weighted by atomic mass is 16.5. The van der Waals surface area contributed by atoms with Crippen LogP contribution in [0.4, 0.5) is 11.4 Å². The summed E-state index contributed by atoms with van der Waals surface area (Å²) in [4.78, 5) is 36.5. The van der Waals surface area contributed by atoms with Crippen molar-refractivity contribution < 1.29 is 33.3 Å². The first-order valence-electron chi connectivity index (χ1n) is 13.1. The van der Waals surface area contributed by atoms with E-state index in [1.807, 2.05) is 0 Å². The van der Waals surface area contributed by atoms with Crippen molar-refractivity contribution >= 4 is 35.4 Å². The summed E-state index contributed by atoms with van der Waals surface area (Å²) >= 11 is 0. The first-order valence-corrected chi connectivity index (χ1v) is 13.1. The van der Waals surface area contributed by atoms with E-state index in [1.54, 1.807) is 60.7 Å². The van der Waals surface area contributed by atoms with Gasteiger partial charge in [-0.1, -0.05) is 31.9 Å². The standard InChI is InChI=1S/C31H34N2O7/c1-2-3-4-16-37-27-11-13-28(14-12-27)40-29(34)15-8-22-6-9-23(10-7-22)30(35)38-17-5-18-39-31(36)24-19-25(32)21-26(33)20-24/h6-15,19-21H,2-5,16-18,32-33H2,1H3/b15-8+. The highest BCUT2D eigenvalue weighted by molar-refractivity contribution is 5.92. The molecule has 9 heteroatoms. The summed E-state index contributed by atoms with van der Waals surface area (Å²) in [6, 6.07) is 17.9. The number of anilines is 2. The molecule has 210 valence electrons. The van der Waals surface area contributed by atoms with Gasteiger partial charge in [-0.15, -0.1) is 0 Å². The van der Waals surface area contributed by atoms with E-state index in [1.165, 1.54) is 18.2 Å². The van der Waals surface area contributed by atoms with E-state index in [0.29, 0.717) is 41.3 Å². The second-order valence-corrected chi connectivity index (χ2v) is 8.92. The molecule has 3 aromatic carbocycles. The number of rotatable bonds is 14. The number of nitrogen functional groups attached to an aromatic ring is 2. The molecule has 0 radical (unpaired) electrons. The minimum absolute atomic E-state index is 0.0671. The van der Waals surface area contributed by atoms with Crippen molar-refractivity contribution in [3.05, 3.63) is 89.5 Å². The molecule has 0 fully saturated rings. The van der Waals surface area contributed by atoms with Crippen LogP contribution >= 0.6 is 0 Å². The monoisotopic (exact) mass is 546 g/mol. The van der Waals surface area contributed by atoms with Crippen molar-refractivity contribution in [2.24, 2.45) is 0 Å². The zero-order valence-corrected chi connectivity index (χ0v) is 22.5. The fourth-order valence-electron chi connectivity index (χ4n) is 3.54. The average Bonchev–Trinajstić information content (AvgIpc) is 2.94. The molecule has 0 atom stereocenters. The Balaban J connectivity index is 1.36. The topological polar surface area (TPSA) is 140 Å². The lowest BCUT2D eigenvalue weighted by molar-refractivity contribution is -0.128. The van der Waals surface area contributed by atoms with Gasteiger partial charge in [0.05, 0.1) is 30.9 Å². The molecule has 0 aliphatic carbocycles. The van der Waals surface area contributed by atoms with Gasteiger partial charge in [0.15, 0.2) is 0 Å². The molecule has 40 heavy (non-hydrogen) atoms. The molecule has 0 amide bonds. The van der Waals surface area contributed by atoms with Gasteiger partial charge in [0, 0.05) is 23.9 Å². The first-order chi connectivity index (χ1) is 19.3. The van der Waals surface area contributed by atoms with E-state index in [-0.39, 0.29) is 18.8 Å². The minimum atomic E-state index is -0.557. The van der Waals surface area contributed by atoms with E-state index in [9.17, 15) is 14.4 Å². The van der Waals surface area contributed by atoms with Gasteiger partial charge in [0.25, 0.3) is 0 Å². The molecule has 0 bridgehead atoms. The van der Waals surface area contributed by atoms with Crippen molar-refractivity contribution in [1.82, 2.24) is 0 Å². The summed E-state index contributed by atoms with van der Waals surface area (Å²) in [5, 5.41) is 0. The Morgan fingerprint density at radius 3 is 1.93 bits per heavy atom. The lowest BCUT2D eigenvalue weighted by Gasteiger charge is -2.08. The molecule has 0 aliphatic rings. The van der Waals surface area contributed by atoms with Gasteiger partial charge in [-0.2, -0.15) is 0 Å². The van der Waals surface area contributed by atoms with E-state index in [0.717, 1.165) is 25.0 Å². The van der Waals surface area contributed by atoms with Crippen LogP contribution in [0.15, 0.2) is 72.8 Å². The van der Waals surface area contributed by atoms with Gasteiger partial charge < -0.3 is 30.4 Å². The molecule has 0 spiro atoms. The van der Waals surface area contributed by atoms with Gasteiger partial charge in [-0.05, 0) is 72.7 Å². The molecule has 0 aliphatic heterocycles. The molecule has 9 nitrogen and oxygen atoms in total. The third-order valence-corrected chi connectivity index (χ3v) is 5.59. The second-order valence-electron chi connectivity index (χ2n) is 8.92. The molecule has 3 aromatic rings. The Hall–Kier alpha value is -4.79. The molecule has 3 rings (SSSR count). The van der Waals surface area contributed by atoms with Crippen LogP contribution in [0.5, 0.6) is 11.5 Å². The number of hydrogen-bond donors (Lipinski definition) is 2. The Morgan fingerprint density at radius 1 is 0.700 bits per heavy atom. The van der Waals surface area contributed by atoms with Crippen LogP contribution in [-0.2, 0) is 14.3 Å². The number of ether oxygens (including phenoxy) is 4. The van der Waals surface area contributed by atoms with Crippen molar-refractivity contribution in [2.75, 3.05) is 31.3 Å². The Labute approximate surface area is 233 Å². The van der Waals surface area contributed by atoms with Crippen LogP contribution in [-0.4, -0.2) is 37.7 Å². The summed E-state index contributed by atoms with van der Waals surface area (Å²) in [5.41, 5.74) is 13.4. The Morgan fingerprint density at radius 2 is 1.30 bits per heavy atom. The molecule has 0 aromatic heterocycles. The molecular weight excluding hydrogens is 512 g/mol. The summed E-state index contributed by atoms with van der Waals surface area (Å²) in [6.45, 7) is 2.94. The number of carbonyl (C=O) groups excluding carboxylic acids is 3. The van der Waals surface area contributed by atoms with Crippen molar-refractivity contribution in [3.63, 3.8) is 0 Å². The number of hydrogen-bond acceptors (Lipinski definition) is 9. The maximum absolute atomic E-state index is 12.3. The van der Waals surface area contributed by atoms with E-state index < -0.39 is 17.9 Å². The number of carbonyl (C=O) groups is 3. The molecule has 0 saturated carbocycles. The molecule has 0 unspecified atom stereocenters. The summed E-state index contributed by atoms with van der Waals surface area (Å²) in [6.07, 6.45) is 6.48. The molecule has 0 saturated heterocycles. The highest BCUT2D eigenvalue weighted by Crippen LogP contribution is 2.19. The van der Waals surface area contributed by atoms with E-state index in [2.05, 4.69) is 6.92 Å².